The molecule has 7 nitrogen and oxygen atoms in total. The van der Waals surface area contributed by atoms with Gasteiger partial charge in [-0.3, -0.25) is 0 Å². The maximum Gasteiger partial charge on any atom is 0.573 e. The average molecular weight is 457 g/mol. The zero-order valence-electron chi connectivity index (χ0n) is 17.2. The normalized spacial score (nSPS) is 14.9. The van der Waals surface area contributed by atoms with Gasteiger partial charge in [0.1, 0.15) is 5.75 Å². The number of alkyl halides is 5. The molecule has 1 aliphatic rings. The first-order valence-electron chi connectivity index (χ1n) is 9.83. The van der Waals surface area contributed by atoms with E-state index in [0.717, 1.165) is 6.42 Å². The largest absolute Gasteiger partial charge is 0.573 e. The number of anilines is 1. The number of rotatable bonds is 6. The second-order valence-corrected chi connectivity index (χ2v) is 6.65. The van der Waals surface area contributed by atoms with Gasteiger partial charge in [-0.1, -0.05) is 32.0 Å². The van der Waals surface area contributed by atoms with Gasteiger partial charge in [0.2, 0.25) is 5.95 Å². The molecule has 0 aliphatic heterocycles. The van der Waals surface area contributed by atoms with Crippen molar-refractivity contribution in [3.8, 4) is 17.2 Å². The molecule has 1 aromatic carbocycles. The molecule has 2 heterocycles. The maximum atomic E-state index is 12.8. The highest BCUT2D eigenvalue weighted by Crippen LogP contribution is 2.47. The molecule has 1 N–H and O–H groups in total. The molecule has 0 radical (unpaired) electrons. The lowest BCUT2D eigenvalue weighted by atomic mass is 9.71. The van der Waals surface area contributed by atoms with E-state index < -0.39 is 24.2 Å². The summed E-state index contributed by atoms with van der Waals surface area (Å²) in [5.41, 5.74) is -0.250. The van der Waals surface area contributed by atoms with Gasteiger partial charge in [0.25, 0.3) is 11.8 Å². The molecule has 2 aromatic heterocycles. The molecule has 3 aromatic rings. The number of hydrogen-bond donors (Lipinski definition) is 1. The van der Waals surface area contributed by atoms with Crippen LogP contribution in [-0.4, -0.2) is 26.5 Å². The number of ether oxygens (including phenoxy) is 1. The number of nitrogens with zero attached hydrogens (tertiary/aromatic N) is 4. The minimum absolute atomic E-state index is 0.147. The van der Waals surface area contributed by atoms with Crippen molar-refractivity contribution in [1.82, 2.24) is 20.2 Å². The fourth-order valence-corrected chi connectivity index (χ4v) is 3.22. The Kier molecular flexibility index (Phi) is 6.90. The van der Waals surface area contributed by atoms with Gasteiger partial charge in [0, 0.05) is 18.0 Å². The molecule has 1 aliphatic carbocycles. The summed E-state index contributed by atoms with van der Waals surface area (Å²) in [4.78, 5) is 8.21. The van der Waals surface area contributed by atoms with E-state index in [1.54, 1.807) is 12.1 Å². The standard InChI is InChI=1S/C18H14F5N5O2.C2H6/c19-13(20)15-28-27-14(29-15)10-8-24-16(25-9-10)26-17(6-3-7-17)11-4-1-2-5-12(11)30-18(21,22)23;1-2/h1-2,4-5,8-9,13H,3,6-7H2,(H,24,25,26);1-2H3. The molecule has 0 spiro atoms. The van der Waals surface area contributed by atoms with Crippen molar-refractivity contribution in [2.75, 3.05) is 5.32 Å². The molecule has 1 fully saturated rings. The van der Waals surface area contributed by atoms with E-state index in [9.17, 15) is 22.0 Å². The van der Waals surface area contributed by atoms with Crippen LogP contribution >= 0.6 is 0 Å². The average Bonchev–Trinajstić information content (AvgIpc) is 3.23. The Morgan fingerprint density at radius 3 is 2.25 bits per heavy atom. The molecule has 32 heavy (non-hydrogen) atoms. The Balaban J connectivity index is 0.00000141. The van der Waals surface area contributed by atoms with Crippen LogP contribution in [0.3, 0.4) is 0 Å². The van der Waals surface area contributed by atoms with Crippen LogP contribution in [0.25, 0.3) is 11.5 Å². The fraction of sp³-hybridized carbons (Fsp3) is 0.400. The summed E-state index contributed by atoms with van der Waals surface area (Å²) in [7, 11) is 0. The molecular weight excluding hydrogens is 437 g/mol. The molecule has 172 valence electrons. The molecule has 0 amide bonds. The van der Waals surface area contributed by atoms with Crippen LogP contribution < -0.4 is 10.1 Å². The van der Waals surface area contributed by atoms with Crippen molar-refractivity contribution >= 4 is 5.95 Å². The van der Waals surface area contributed by atoms with Crippen molar-refractivity contribution in [3.05, 3.63) is 48.1 Å². The summed E-state index contributed by atoms with van der Waals surface area (Å²) in [6.45, 7) is 4.00. The van der Waals surface area contributed by atoms with Crippen LogP contribution in [0.1, 0.15) is 51.0 Å². The van der Waals surface area contributed by atoms with Crippen LogP contribution in [0.2, 0.25) is 0 Å². The van der Waals surface area contributed by atoms with Crippen molar-refractivity contribution in [3.63, 3.8) is 0 Å². The van der Waals surface area contributed by atoms with Crippen molar-refractivity contribution < 1.29 is 31.1 Å². The Labute approximate surface area is 180 Å². The number of benzene rings is 1. The second-order valence-electron chi connectivity index (χ2n) is 6.65. The molecule has 12 heteroatoms. The van der Waals surface area contributed by atoms with Crippen molar-refractivity contribution in [2.45, 2.75) is 51.4 Å². The summed E-state index contributed by atoms with van der Waals surface area (Å²) in [6, 6.07) is 5.90. The molecular formula is C20H20F5N5O2. The van der Waals surface area contributed by atoms with E-state index in [4.69, 9.17) is 4.42 Å². The predicted octanol–water partition coefficient (Wildman–Crippen LogP) is 5.88. The fourth-order valence-electron chi connectivity index (χ4n) is 3.22. The van der Waals surface area contributed by atoms with Gasteiger partial charge in [-0.15, -0.1) is 23.4 Å². The van der Waals surface area contributed by atoms with E-state index >= 15 is 0 Å². The first-order valence-corrected chi connectivity index (χ1v) is 9.83. The third-order valence-corrected chi connectivity index (χ3v) is 4.71. The number of aromatic nitrogens is 4. The molecule has 0 atom stereocenters. The number of nitrogens with one attached hydrogen (secondary N) is 1. The van der Waals surface area contributed by atoms with Crippen LogP contribution in [0.4, 0.5) is 27.9 Å². The molecule has 0 saturated heterocycles. The van der Waals surface area contributed by atoms with Gasteiger partial charge >= 0.3 is 12.8 Å². The number of hydrogen-bond acceptors (Lipinski definition) is 7. The van der Waals surface area contributed by atoms with Gasteiger partial charge in [-0.05, 0) is 25.3 Å². The maximum absolute atomic E-state index is 12.8. The van der Waals surface area contributed by atoms with Gasteiger partial charge < -0.3 is 14.5 Å². The van der Waals surface area contributed by atoms with Crippen molar-refractivity contribution in [1.29, 1.82) is 0 Å². The van der Waals surface area contributed by atoms with Gasteiger partial charge in [-0.2, -0.15) is 8.78 Å². The van der Waals surface area contributed by atoms with E-state index in [1.165, 1.54) is 24.5 Å². The quantitative estimate of drug-likeness (QED) is 0.463. The molecule has 0 bridgehead atoms. The van der Waals surface area contributed by atoms with E-state index in [-0.39, 0.29) is 23.2 Å². The smallest absolute Gasteiger partial charge is 0.415 e. The summed E-state index contributed by atoms with van der Waals surface area (Å²) >= 11 is 0. The van der Waals surface area contributed by atoms with Gasteiger partial charge in [0.05, 0.1) is 11.1 Å². The zero-order chi connectivity index (χ0) is 23.4. The number of halogens is 5. The third-order valence-electron chi connectivity index (χ3n) is 4.71. The topological polar surface area (TPSA) is 86.0 Å². The van der Waals surface area contributed by atoms with Crippen LogP contribution in [0.5, 0.6) is 5.75 Å². The highest BCUT2D eigenvalue weighted by atomic mass is 19.4. The van der Waals surface area contributed by atoms with E-state index in [1.807, 2.05) is 13.8 Å². The monoisotopic (exact) mass is 457 g/mol. The molecule has 1 saturated carbocycles. The Morgan fingerprint density at radius 2 is 1.72 bits per heavy atom. The summed E-state index contributed by atoms with van der Waals surface area (Å²) in [5, 5.41) is 9.82. The lowest BCUT2D eigenvalue weighted by Crippen LogP contribution is -2.43. The SMILES string of the molecule is CC.FC(F)c1nnc(-c2cnc(NC3(c4ccccc4OC(F)(F)F)CCC3)nc2)o1. The second kappa shape index (κ2) is 9.45. The van der Waals surface area contributed by atoms with E-state index in [0.29, 0.717) is 18.4 Å². The van der Waals surface area contributed by atoms with Crippen molar-refractivity contribution in [2.24, 2.45) is 0 Å². The first-order chi connectivity index (χ1) is 15.3. The third kappa shape index (κ3) is 5.11. The minimum Gasteiger partial charge on any atom is -0.415 e. The highest BCUT2D eigenvalue weighted by molar-refractivity contribution is 5.52. The lowest BCUT2D eigenvalue weighted by Gasteiger charge is -2.43. The Morgan fingerprint density at radius 1 is 1.06 bits per heavy atom. The minimum atomic E-state index is -4.82. The van der Waals surface area contributed by atoms with Crippen LogP contribution in [0.15, 0.2) is 41.1 Å². The Hall–Kier alpha value is -3.31. The van der Waals surface area contributed by atoms with Gasteiger partial charge in [0.15, 0.2) is 0 Å². The first kappa shape index (κ1) is 23.4. The van der Waals surface area contributed by atoms with Crippen LogP contribution in [-0.2, 0) is 5.54 Å². The zero-order valence-corrected chi connectivity index (χ0v) is 17.2. The van der Waals surface area contributed by atoms with Crippen LogP contribution in [0, 0.1) is 0 Å². The van der Waals surface area contributed by atoms with E-state index in [2.05, 4.69) is 30.2 Å². The number of para-hydroxylation sites is 1. The summed E-state index contributed by atoms with van der Waals surface area (Å²) in [6.07, 6.45) is -3.23. The summed E-state index contributed by atoms with van der Waals surface area (Å²) in [5.74, 6) is -1.13. The molecule has 0 unspecified atom stereocenters. The lowest BCUT2D eigenvalue weighted by molar-refractivity contribution is -0.275. The summed E-state index contributed by atoms with van der Waals surface area (Å²) < 4.78 is 72.5. The predicted molar refractivity (Wildman–Crippen MR) is 104 cm³/mol. The highest BCUT2D eigenvalue weighted by Gasteiger charge is 2.43. The Bertz CT molecular complexity index is 1020. The van der Waals surface area contributed by atoms with Gasteiger partial charge in [-0.25, -0.2) is 9.97 Å². The molecule has 4 rings (SSSR count).